The minimum atomic E-state index is -0.144. The molecule has 4 nitrogen and oxygen atoms in total. The highest BCUT2D eigenvalue weighted by atomic mass is 127. The average molecular weight is 497 g/mol. The first-order valence-corrected chi connectivity index (χ1v) is 10.0. The third-order valence-electron chi connectivity index (χ3n) is 3.96. The fourth-order valence-corrected chi connectivity index (χ4v) is 4.63. The zero-order valence-corrected chi connectivity index (χ0v) is 18.2. The Morgan fingerprint density at radius 1 is 1.27 bits per heavy atom. The quantitative estimate of drug-likeness (QED) is 0.367. The molecular formula is C19H16INO3S2. The molecule has 0 bridgehead atoms. The van der Waals surface area contributed by atoms with Crippen LogP contribution in [0.5, 0.6) is 11.5 Å². The number of hydrogen-bond donors (Lipinski definition) is 1. The molecule has 0 spiro atoms. The normalized spacial score (nSPS) is 15.8. The topological polar surface area (TPSA) is 49.8 Å². The van der Waals surface area contributed by atoms with Crippen molar-refractivity contribution in [1.82, 2.24) is 0 Å². The number of methoxy groups -OCH3 is 1. The summed E-state index contributed by atoms with van der Waals surface area (Å²) in [5.41, 5.74) is 3.71. The van der Waals surface area contributed by atoms with Gasteiger partial charge in [0.05, 0.1) is 21.3 Å². The van der Waals surface area contributed by atoms with Crippen LogP contribution in [0.2, 0.25) is 0 Å². The summed E-state index contributed by atoms with van der Waals surface area (Å²) in [5, 5.41) is 9.97. The van der Waals surface area contributed by atoms with E-state index in [9.17, 15) is 9.90 Å². The third kappa shape index (κ3) is 3.60. The molecule has 1 heterocycles. The number of carbonyl (C=O) groups is 1. The van der Waals surface area contributed by atoms with Crippen LogP contribution >= 0.6 is 46.6 Å². The maximum absolute atomic E-state index is 12.9. The summed E-state index contributed by atoms with van der Waals surface area (Å²) in [6, 6.07) is 9.41. The number of anilines is 1. The summed E-state index contributed by atoms with van der Waals surface area (Å²) < 4.78 is 6.34. The molecule has 2 aromatic carbocycles. The molecule has 0 aromatic heterocycles. The highest BCUT2D eigenvalue weighted by molar-refractivity contribution is 14.1. The Balaban J connectivity index is 1.99. The molecule has 0 atom stereocenters. The molecule has 1 aliphatic heterocycles. The Morgan fingerprint density at radius 3 is 2.65 bits per heavy atom. The Labute approximate surface area is 175 Å². The van der Waals surface area contributed by atoms with Gasteiger partial charge in [-0.3, -0.25) is 9.69 Å². The van der Waals surface area contributed by atoms with E-state index in [4.69, 9.17) is 17.0 Å². The van der Waals surface area contributed by atoms with E-state index in [0.717, 1.165) is 22.4 Å². The monoisotopic (exact) mass is 497 g/mol. The van der Waals surface area contributed by atoms with Gasteiger partial charge in [0.2, 0.25) is 0 Å². The van der Waals surface area contributed by atoms with Gasteiger partial charge in [-0.2, -0.15) is 0 Å². The molecule has 3 rings (SSSR count). The molecule has 0 radical (unpaired) electrons. The minimum Gasteiger partial charge on any atom is -0.504 e. The van der Waals surface area contributed by atoms with E-state index in [1.807, 2.05) is 54.6 Å². The van der Waals surface area contributed by atoms with Gasteiger partial charge in [-0.05, 0) is 71.8 Å². The minimum absolute atomic E-state index is 0.0908. The van der Waals surface area contributed by atoms with Crippen molar-refractivity contribution in [2.45, 2.75) is 13.8 Å². The molecule has 1 N–H and O–H groups in total. The van der Waals surface area contributed by atoms with Crippen LogP contribution in [0.4, 0.5) is 5.69 Å². The molecule has 0 saturated carbocycles. The largest absolute Gasteiger partial charge is 0.504 e. The molecule has 134 valence electrons. The standard InChI is InChI=1S/C19H16INO3S2/c1-10-4-5-14(11(2)6-10)21-18(23)16(26-19(21)25)9-12-7-13(20)17(22)15(8-12)24-3/h4-9,22H,1-3H3/b16-9+. The maximum atomic E-state index is 12.9. The number of thiocarbonyl (C=S) groups is 1. The molecule has 0 aliphatic carbocycles. The number of phenolic OH excluding ortho intramolecular Hbond substituents is 1. The maximum Gasteiger partial charge on any atom is 0.270 e. The number of aryl methyl sites for hydroxylation is 2. The van der Waals surface area contributed by atoms with Crippen molar-refractivity contribution in [1.29, 1.82) is 0 Å². The molecule has 7 heteroatoms. The third-order valence-corrected chi connectivity index (χ3v) is 6.08. The number of nitrogens with zero attached hydrogens (tertiary/aromatic N) is 1. The van der Waals surface area contributed by atoms with Crippen LogP contribution in [0.25, 0.3) is 6.08 Å². The molecule has 2 aromatic rings. The van der Waals surface area contributed by atoms with Crippen molar-refractivity contribution in [3.05, 3.63) is 55.5 Å². The SMILES string of the molecule is COc1cc(/C=C2/SC(=S)N(c3ccc(C)cc3C)C2=O)cc(I)c1O. The summed E-state index contributed by atoms with van der Waals surface area (Å²) in [4.78, 5) is 15.0. The van der Waals surface area contributed by atoms with Crippen molar-refractivity contribution in [2.24, 2.45) is 0 Å². The lowest BCUT2D eigenvalue weighted by atomic mass is 10.1. The number of carbonyl (C=O) groups excluding carboxylic acids is 1. The lowest BCUT2D eigenvalue weighted by Crippen LogP contribution is -2.28. The fraction of sp³-hybridized carbons (Fsp3) is 0.158. The zero-order chi connectivity index (χ0) is 19.0. The van der Waals surface area contributed by atoms with Crippen molar-refractivity contribution < 1.29 is 14.6 Å². The molecule has 1 amide bonds. The highest BCUT2D eigenvalue weighted by Crippen LogP contribution is 2.39. The van der Waals surface area contributed by atoms with Crippen molar-refractivity contribution in [3.63, 3.8) is 0 Å². The number of phenols is 1. The van der Waals surface area contributed by atoms with E-state index in [-0.39, 0.29) is 11.7 Å². The fourth-order valence-electron chi connectivity index (χ4n) is 2.72. The number of halogens is 1. The van der Waals surface area contributed by atoms with E-state index in [0.29, 0.717) is 18.5 Å². The predicted molar refractivity (Wildman–Crippen MR) is 119 cm³/mol. The van der Waals surface area contributed by atoms with Crippen LogP contribution in [0.1, 0.15) is 16.7 Å². The summed E-state index contributed by atoms with van der Waals surface area (Å²) in [5.74, 6) is 0.315. The first-order valence-electron chi connectivity index (χ1n) is 7.73. The van der Waals surface area contributed by atoms with Gasteiger partial charge in [0.15, 0.2) is 15.8 Å². The smallest absolute Gasteiger partial charge is 0.270 e. The zero-order valence-electron chi connectivity index (χ0n) is 14.4. The van der Waals surface area contributed by atoms with E-state index in [1.54, 1.807) is 23.1 Å². The first-order chi connectivity index (χ1) is 12.3. The summed E-state index contributed by atoms with van der Waals surface area (Å²) >= 11 is 8.74. The number of thioether (sulfide) groups is 1. The summed E-state index contributed by atoms with van der Waals surface area (Å²) in [6.07, 6.45) is 1.77. The van der Waals surface area contributed by atoms with Gasteiger partial charge in [-0.15, -0.1) is 0 Å². The molecule has 1 aliphatic rings. The number of aromatic hydroxyl groups is 1. The highest BCUT2D eigenvalue weighted by Gasteiger charge is 2.34. The number of ether oxygens (including phenoxy) is 1. The molecule has 1 fully saturated rings. The van der Waals surface area contributed by atoms with E-state index in [2.05, 4.69) is 0 Å². The Morgan fingerprint density at radius 2 is 2.00 bits per heavy atom. The number of amides is 1. The van der Waals surface area contributed by atoms with Gasteiger partial charge in [0, 0.05) is 0 Å². The Kier molecular flexibility index (Phi) is 5.59. The molecule has 1 saturated heterocycles. The van der Waals surface area contributed by atoms with Crippen LogP contribution in [-0.2, 0) is 4.79 Å². The van der Waals surface area contributed by atoms with Gasteiger partial charge >= 0.3 is 0 Å². The second kappa shape index (κ2) is 7.58. The van der Waals surface area contributed by atoms with Gasteiger partial charge in [0.25, 0.3) is 5.91 Å². The number of benzene rings is 2. The summed E-state index contributed by atoms with van der Waals surface area (Å²) in [6.45, 7) is 3.98. The lowest BCUT2D eigenvalue weighted by molar-refractivity contribution is -0.113. The summed E-state index contributed by atoms with van der Waals surface area (Å²) in [7, 11) is 1.49. The van der Waals surface area contributed by atoms with Crippen molar-refractivity contribution in [2.75, 3.05) is 12.0 Å². The van der Waals surface area contributed by atoms with Crippen LogP contribution in [0.3, 0.4) is 0 Å². The van der Waals surface area contributed by atoms with Crippen molar-refractivity contribution >= 4 is 68.6 Å². The number of rotatable bonds is 3. The van der Waals surface area contributed by atoms with Gasteiger partial charge in [0.1, 0.15) is 0 Å². The van der Waals surface area contributed by atoms with Crippen LogP contribution < -0.4 is 9.64 Å². The van der Waals surface area contributed by atoms with Crippen LogP contribution in [0, 0.1) is 17.4 Å². The molecular weight excluding hydrogens is 481 g/mol. The predicted octanol–water partition coefficient (Wildman–Crippen LogP) is 5.03. The van der Waals surface area contributed by atoms with Crippen molar-refractivity contribution in [3.8, 4) is 11.5 Å². The van der Waals surface area contributed by atoms with Crippen LogP contribution in [-0.4, -0.2) is 22.4 Å². The molecule has 0 unspecified atom stereocenters. The lowest BCUT2D eigenvalue weighted by Gasteiger charge is -2.17. The van der Waals surface area contributed by atoms with E-state index in [1.165, 1.54) is 18.9 Å². The second-order valence-corrected chi connectivity index (χ2v) is 8.70. The van der Waals surface area contributed by atoms with Gasteiger partial charge < -0.3 is 9.84 Å². The van der Waals surface area contributed by atoms with Gasteiger partial charge in [-0.1, -0.05) is 41.7 Å². The first kappa shape index (κ1) is 19.2. The van der Waals surface area contributed by atoms with Crippen LogP contribution in [0.15, 0.2) is 35.2 Å². The number of hydrogen-bond acceptors (Lipinski definition) is 5. The Bertz CT molecular complexity index is 956. The molecule has 26 heavy (non-hydrogen) atoms. The van der Waals surface area contributed by atoms with E-state index < -0.39 is 0 Å². The second-order valence-electron chi connectivity index (χ2n) is 5.86. The van der Waals surface area contributed by atoms with Gasteiger partial charge in [-0.25, -0.2) is 0 Å². The van der Waals surface area contributed by atoms with E-state index >= 15 is 0 Å². The average Bonchev–Trinajstić information content (AvgIpc) is 2.85. The Hall–Kier alpha value is -1.58.